The molecule has 36 heavy (non-hydrogen) atoms. The van der Waals surface area contributed by atoms with Crippen molar-refractivity contribution in [1.82, 2.24) is 19.8 Å². The fourth-order valence-corrected chi connectivity index (χ4v) is 3.74. The van der Waals surface area contributed by atoms with E-state index in [1.54, 1.807) is 12.1 Å². The average molecular weight is 495 g/mol. The van der Waals surface area contributed by atoms with Crippen LogP contribution >= 0.6 is 0 Å². The maximum Gasteiger partial charge on any atom is 0.241 e. The highest BCUT2D eigenvalue weighted by Crippen LogP contribution is 2.23. The molecular weight excluding hydrogens is 463 g/mol. The monoisotopic (exact) mass is 494 g/mol. The van der Waals surface area contributed by atoms with Gasteiger partial charge in [-0.25, -0.2) is 9.37 Å². The highest BCUT2D eigenvalue weighted by atomic mass is 19.1. The van der Waals surface area contributed by atoms with Crippen molar-refractivity contribution < 1.29 is 14.3 Å². The summed E-state index contributed by atoms with van der Waals surface area (Å²) in [5.41, 5.74) is 2.89. The normalized spacial score (nSPS) is 13.8. The number of carbonyl (C=O) groups excluding carboxylic acids is 1. The van der Waals surface area contributed by atoms with Gasteiger partial charge in [-0.3, -0.25) is 4.79 Å². The molecule has 1 amide bonds. The molecule has 0 atom stereocenters. The number of aromatic nitrogens is 2. The fraction of sp³-hybridized carbons (Fsp3) is 0.320. The van der Waals surface area contributed by atoms with E-state index in [9.17, 15) is 9.18 Å². The van der Waals surface area contributed by atoms with Crippen LogP contribution in [0.15, 0.2) is 54.7 Å². The number of nitrogens with zero attached hydrogens (tertiary/aromatic N) is 4. The van der Waals surface area contributed by atoms with Gasteiger partial charge >= 0.3 is 0 Å². The van der Waals surface area contributed by atoms with E-state index < -0.39 is 5.82 Å². The van der Waals surface area contributed by atoms with Crippen LogP contribution in [-0.4, -0.2) is 83.7 Å². The summed E-state index contributed by atoms with van der Waals surface area (Å²) in [5.74, 6) is -0.278. The zero-order valence-corrected chi connectivity index (χ0v) is 20.2. The predicted octanol–water partition coefficient (Wildman–Crippen LogP) is 2.69. The number of likely N-dealkylation sites (N-methyl/N-ethyl adjacent to an activating group) is 1. The van der Waals surface area contributed by atoms with Crippen LogP contribution in [0.5, 0.6) is 0 Å². The summed E-state index contributed by atoms with van der Waals surface area (Å²) >= 11 is 0. The second-order valence-corrected chi connectivity index (χ2v) is 8.49. The quantitative estimate of drug-likeness (QED) is 0.290. The largest absolute Gasteiger partial charge is 0.395 e. The molecule has 1 aliphatic heterocycles. The Hall–Kier alpha value is -3.96. The standard InChI is InChI=1S/C25H31FN8O2/c1-33-9-11-34(12-10-33)23(36)17-28-19-5-3-7-21(15-19)31-25-29-16-22(26)24(32-25)30-20-6-2-4-18(14-20)27-8-13-35/h2-7,14-16,27-28,35H,8-13,17H2,1H3,(H2,29,30,31,32). The molecule has 2 heterocycles. The summed E-state index contributed by atoms with van der Waals surface area (Å²) < 4.78 is 14.4. The van der Waals surface area contributed by atoms with Gasteiger partial charge in [-0.05, 0) is 43.4 Å². The molecule has 0 bridgehead atoms. The number of amides is 1. The van der Waals surface area contributed by atoms with Crippen molar-refractivity contribution in [2.24, 2.45) is 0 Å². The summed E-state index contributed by atoms with van der Waals surface area (Å²) in [6.45, 7) is 3.87. The van der Waals surface area contributed by atoms with Crippen molar-refractivity contribution in [2.75, 3.05) is 74.2 Å². The lowest BCUT2D eigenvalue weighted by Crippen LogP contribution is -2.48. The van der Waals surface area contributed by atoms with Crippen LogP contribution in [0.3, 0.4) is 0 Å². The van der Waals surface area contributed by atoms with Gasteiger partial charge < -0.3 is 36.2 Å². The van der Waals surface area contributed by atoms with E-state index in [0.29, 0.717) is 17.9 Å². The van der Waals surface area contributed by atoms with Gasteiger partial charge in [0.25, 0.3) is 0 Å². The Labute approximate surface area is 209 Å². The Morgan fingerprint density at radius 3 is 2.31 bits per heavy atom. The van der Waals surface area contributed by atoms with Crippen LogP contribution in [0.2, 0.25) is 0 Å². The lowest BCUT2D eigenvalue weighted by atomic mass is 10.2. The molecule has 1 fully saturated rings. The molecule has 0 saturated carbocycles. The molecule has 1 aliphatic rings. The van der Waals surface area contributed by atoms with Crippen LogP contribution in [-0.2, 0) is 4.79 Å². The third-order valence-electron chi connectivity index (χ3n) is 5.73. The molecule has 11 heteroatoms. The SMILES string of the molecule is CN1CCN(C(=O)CNc2cccc(Nc3ncc(F)c(Nc4cccc(NCCO)c4)n3)c2)CC1. The van der Waals surface area contributed by atoms with Gasteiger partial charge in [-0.2, -0.15) is 4.98 Å². The summed E-state index contributed by atoms with van der Waals surface area (Å²) in [5, 5.41) is 21.3. The van der Waals surface area contributed by atoms with Gasteiger partial charge in [0.2, 0.25) is 11.9 Å². The molecule has 3 aromatic rings. The number of carbonyl (C=O) groups is 1. The third-order valence-corrected chi connectivity index (χ3v) is 5.73. The molecule has 1 aromatic heterocycles. The number of halogens is 1. The molecule has 4 rings (SSSR count). The van der Waals surface area contributed by atoms with E-state index in [2.05, 4.69) is 43.2 Å². The summed E-state index contributed by atoms with van der Waals surface area (Å²) in [6, 6.07) is 14.6. The lowest BCUT2D eigenvalue weighted by molar-refractivity contribution is -0.130. The molecule has 190 valence electrons. The second kappa shape index (κ2) is 12.1. The number of benzene rings is 2. The van der Waals surface area contributed by atoms with Crippen LogP contribution in [0.4, 0.5) is 38.9 Å². The summed E-state index contributed by atoms with van der Waals surface area (Å²) in [4.78, 5) is 24.9. The zero-order valence-electron chi connectivity index (χ0n) is 20.2. The van der Waals surface area contributed by atoms with Crippen molar-refractivity contribution in [3.05, 3.63) is 60.5 Å². The Balaban J connectivity index is 1.37. The van der Waals surface area contributed by atoms with Crippen LogP contribution < -0.4 is 21.3 Å². The molecule has 5 N–H and O–H groups in total. The molecule has 0 spiro atoms. The molecule has 2 aromatic carbocycles. The minimum absolute atomic E-state index is 0.0104. The number of hydrogen-bond donors (Lipinski definition) is 5. The van der Waals surface area contributed by atoms with Crippen LogP contribution in [0.25, 0.3) is 0 Å². The topological polar surface area (TPSA) is 118 Å². The van der Waals surface area contributed by atoms with Crippen LogP contribution in [0, 0.1) is 5.82 Å². The lowest BCUT2D eigenvalue weighted by Gasteiger charge is -2.32. The predicted molar refractivity (Wildman–Crippen MR) is 140 cm³/mol. The number of anilines is 6. The smallest absolute Gasteiger partial charge is 0.241 e. The van der Waals surface area contributed by atoms with E-state index in [1.165, 1.54) is 0 Å². The molecule has 0 radical (unpaired) electrons. The first kappa shape index (κ1) is 25.1. The maximum atomic E-state index is 14.4. The van der Waals surface area contributed by atoms with E-state index in [-0.39, 0.29) is 30.8 Å². The highest BCUT2D eigenvalue weighted by molar-refractivity contribution is 5.81. The number of aliphatic hydroxyl groups excluding tert-OH is 1. The van der Waals surface area contributed by atoms with Gasteiger partial charge in [0, 0.05) is 55.5 Å². The molecule has 1 saturated heterocycles. The van der Waals surface area contributed by atoms with Gasteiger partial charge in [-0.1, -0.05) is 12.1 Å². The number of nitrogens with one attached hydrogen (secondary N) is 4. The Bertz CT molecular complexity index is 1170. The Morgan fingerprint density at radius 1 is 0.972 bits per heavy atom. The minimum atomic E-state index is -0.591. The number of aliphatic hydroxyl groups is 1. The van der Waals surface area contributed by atoms with Crippen LogP contribution in [0.1, 0.15) is 0 Å². The number of hydrogen-bond acceptors (Lipinski definition) is 9. The Kier molecular flexibility index (Phi) is 8.48. The van der Waals surface area contributed by atoms with Gasteiger partial charge in [0.15, 0.2) is 11.6 Å². The van der Waals surface area contributed by atoms with Gasteiger partial charge in [-0.15, -0.1) is 0 Å². The van der Waals surface area contributed by atoms with Crippen molar-refractivity contribution in [2.45, 2.75) is 0 Å². The minimum Gasteiger partial charge on any atom is -0.395 e. The number of rotatable bonds is 10. The molecule has 10 nitrogen and oxygen atoms in total. The first-order valence-corrected chi connectivity index (χ1v) is 11.8. The first-order chi connectivity index (χ1) is 17.5. The van der Waals surface area contributed by atoms with E-state index in [1.807, 2.05) is 41.3 Å². The van der Waals surface area contributed by atoms with Gasteiger partial charge in [0.05, 0.1) is 19.3 Å². The summed E-state index contributed by atoms with van der Waals surface area (Å²) in [6.07, 6.45) is 1.10. The fourth-order valence-electron chi connectivity index (χ4n) is 3.74. The maximum absolute atomic E-state index is 14.4. The second-order valence-electron chi connectivity index (χ2n) is 8.49. The summed E-state index contributed by atoms with van der Waals surface area (Å²) in [7, 11) is 2.05. The van der Waals surface area contributed by atoms with E-state index >= 15 is 0 Å². The van der Waals surface area contributed by atoms with Crippen molar-refractivity contribution in [1.29, 1.82) is 0 Å². The first-order valence-electron chi connectivity index (χ1n) is 11.8. The molecule has 0 aliphatic carbocycles. The van der Waals surface area contributed by atoms with Crippen molar-refractivity contribution in [3.63, 3.8) is 0 Å². The zero-order chi connectivity index (χ0) is 25.3. The average Bonchev–Trinajstić information content (AvgIpc) is 2.89. The van der Waals surface area contributed by atoms with E-state index in [0.717, 1.165) is 43.8 Å². The van der Waals surface area contributed by atoms with Crippen molar-refractivity contribution in [3.8, 4) is 0 Å². The molecular formula is C25H31FN8O2. The molecule has 0 unspecified atom stereocenters. The van der Waals surface area contributed by atoms with Gasteiger partial charge in [0.1, 0.15) is 0 Å². The highest BCUT2D eigenvalue weighted by Gasteiger charge is 2.18. The third kappa shape index (κ3) is 7.03. The Morgan fingerprint density at radius 2 is 1.61 bits per heavy atom. The van der Waals surface area contributed by atoms with E-state index in [4.69, 9.17) is 5.11 Å². The van der Waals surface area contributed by atoms with Crippen molar-refractivity contribution >= 4 is 40.4 Å². The number of piperazine rings is 1.